The first-order chi connectivity index (χ1) is 10.1. The number of ether oxygens (including phenoxy) is 1. The molecule has 0 atom stereocenters. The molecule has 0 aliphatic carbocycles. The molecule has 1 aromatic carbocycles. The Morgan fingerprint density at radius 2 is 2.00 bits per heavy atom. The number of carbonyl (C=O) groups excluding carboxylic acids is 2. The lowest BCUT2D eigenvalue weighted by Gasteiger charge is -2.09. The number of rotatable bonds is 8. The van der Waals surface area contributed by atoms with E-state index in [9.17, 15) is 14.7 Å². The molecule has 1 rings (SSSR count). The lowest BCUT2D eigenvalue weighted by atomic mass is 10.2. The number of benzene rings is 1. The Hall–Kier alpha value is -2.54. The maximum absolute atomic E-state index is 11.7. The van der Waals surface area contributed by atoms with Crippen molar-refractivity contribution in [2.24, 2.45) is 0 Å². The van der Waals surface area contributed by atoms with Crippen LogP contribution >= 0.6 is 0 Å². The van der Waals surface area contributed by atoms with E-state index in [0.717, 1.165) is 0 Å². The molecule has 2 amide bonds. The van der Waals surface area contributed by atoms with Crippen LogP contribution in [-0.2, 0) is 9.53 Å². The Labute approximate surface area is 123 Å². The Bertz CT molecular complexity index is 491. The number of hydrazine groups is 1. The largest absolute Gasteiger partial charge is 0.507 e. The molecule has 0 radical (unpaired) electrons. The first-order valence-electron chi connectivity index (χ1n) is 6.45. The quantitative estimate of drug-likeness (QED) is 0.314. The predicted octanol–water partition coefficient (Wildman–Crippen LogP) is 0.293. The fraction of sp³-hybridized carbons (Fsp3) is 0.286. The number of phenolic OH excluding ortho intramolecular Hbond substituents is 1. The first kappa shape index (κ1) is 16.5. The van der Waals surface area contributed by atoms with Crippen molar-refractivity contribution in [3.05, 3.63) is 42.7 Å². The summed E-state index contributed by atoms with van der Waals surface area (Å²) < 4.78 is 4.90. The van der Waals surface area contributed by atoms with Crippen molar-refractivity contribution >= 4 is 11.8 Å². The van der Waals surface area contributed by atoms with E-state index in [0.29, 0.717) is 19.7 Å². The lowest BCUT2D eigenvalue weighted by Crippen LogP contribution is -2.42. The third-order valence-electron chi connectivity index (χ3n) is 2.51. The van der Waals surface area contributed by atoms with Gasteiger partial charge in [-0.2, -0.15) is 0 Å². The van der Waals surface area contributed by atoms with Crippen LogP contribution in [0.4, 0.5) is 0 Å². The van der Waals surface area contributed by atoms with Crippen LogP contribution in [0, 0.1) is 0 Å². The average molecular weight is 293 g/mol. The van der Waals surface area contributed by atoms with Crippen molar-refractivity contribution in [3.63, 3.8) is 0 Å². The van der Waals surface area contributed by atoms with Crippen LogP contribution in [0.2, 0.25) is 0 Å². The number of aromatic hydroxyl groups is 1. The summed E-state index contributed by atoms with van der Waals surface area (Å²) in [5, 5.41) is 12.5. The number of phenols is 1. The molecule has 0 saturated heterocycles. The lowest BCUT2D eigenvalue weighted by molar-refractivity contribution is -0.121. The summed E-state index contributed by atoms with van der Waals surface area (Å²) >= 11 is 0. The highest BCUT2D eigenvalue weighted by Crippen LogP contribution is 2.14. The van der Waals surface area contributed by atoms with Gasteiger partial charge in [0, 0.05) is 19.5 Å². The predicted molar refractivity (Wildman–Crippen MR) is 77.4 cm³/mol. The third-order valence-corrected chi connectivity index (χ3v) is 2.51. The molecular formula is C14H19N3O4. The van der Waals surface area contributed by atoms with Gasteiger partial charge >= 0.3 is 0 Å². The van der Waals surface area contributed by atoms with Gasteiger partial charge in [0.15, 0.2) is 0 Å². The summed E-state index contributed by atoms with van der Waals surface area (Å²) in [6.07, 6.45) is 1.55. The summed E-state index contributed by atoms with van der Waals surface area (Å²) in [5.74, 6) is -1.06. The smallest absolute Gasteiger partial charge is 0.273 e. The van der Waals surface area contributed by atoms with Crippen LogP contribution in [0.1, 0.15) is 16.8 Å². The zero-order chi connectivity index (χ0) is 15.5. The summed E-state index contributed by atoms with van der Waals surface area (Å²) in [7, 11) is 0. The molecule has 7 heteroatoms. The Balaban J connectivity index is 2.19. The van der Waals surface area contributed by atoms with Crippen molar-refractivity contribution in [1.82, 2.24) is 16.2 Å². The number of amides is 2. The van der Waals surface area contributed by atoms with Crippen molar-refractivity contribution in [3.8, 4) is 5.75 Å². The summed E-state index contributed by atoms with van der Waals surface area (Å²) in [6, 6.07) is 6.07. The molecule has 7 nitrogen and oxygen atoms in total. The molecule has 0 fully saturated rings. The molecule has 0 aliphatic rings. The van der Waals surface area contributed by atoms with E-state index in [2.05, 4.69) is 22.7 Å². The van der Waals surface area contributed by atoms with E-state index in [4.69, 9.17) is 4.74 Å². The van der Waals surface area contributed by atoms with Gasteiger partial charge in [-0.1, -0.05) is 18.7 Å². The number of nitrogens with one attached hydrogen (secondary N) is 3. The second kappa shape index (κ2) is 9.38. The number of hydrogen-bond acceptors (Lipinski definition) is 5. The Kier molecular flexibility index (Phi) is 7.37. The fourth-order valence-electron chi connectivity index (χ4n) is 1.46. The van der Waals surface area contributed by atoms with Gasteiger partial charge in [0.05, 0.1) is 18.4 Å². The van der Waals surface area contributed by atoms with Gasteiger partial charge < -0.3 is 15.2 Å². The van der Waals surface area contributed by atoms with E-state index in [1.807, 2.05) is 0 Å². The standard InChI is InChI=1S/C14H19N3O4/c1-2-21-10-9-15-8-7-13(19)16-17-14(20)11-5-3-4-6-12(11)18/h2-6,15,18H,1,7-10H2,(H,16,19)(H,17,20). The second-order valence-electron chi connectivity index (χ2n) is 4.06. The van der Waals surface area contributed by atoms with Crippen LogP contribution in [0.25, 0.3) is 0 Å². The van der Waals surface area contributed by atoms with E-state index in [-0.39, 0.29) is 23.6 Å². The molecule has 21 heavy (non-hydrogen) atoms. The second-order valence-corrected chi connectivity index (χ2v) is 4.06. The van der Waals surface area contributed by atoms with Crippen LogP contribution in [-0.4, -0.2) is 36.6 Å². The third kappa shape index (κ3) is 6.44. The van der Waals surface area contributed by atoms with E-state index in [1.165, 1.54) is 18.4 Å². The summed E-state index contributed by atoms with van der Waals surface area (Å²) in [5.41, 5.74) is 4.60. The summed E-state index contributed by atoms with van der Waals surface area (Å²) in [6.45, 7) is 4.95. The molecular weight excluding hydrogens is 274 g/mol. The van der Waals surface area contributed by atoms with Crippen LogP contribution < -0.4 is 16.2 Å². The van der Waals surface area contributed by atoms with Crippen molar-refractivity contribution in [2.45, 2.75) is 6.42 Å². The van der Waals surface area contributed by atoms with Gasteiger partial charge in [-0.15, -0.1) is 0 Å². The van der Waals surface area contributed by atoms with E-state index >= 15 is 0 Å². The van der Waals surface area contributed by atoms with E-state index < -0.39 is 5.91 Å². The molecule has 114 valence electrons. The van der Waals surface area contributed by atoms with Gasteiger partial charge in [0.1, 0.15) is 5.75 Å². The minimum atomic E-state index is -0.575. The highest BCUT2D eigenvalue weighted by atomic mass is 16.5. The molecule has 0 aliphatic heterocycles. The minimum Gasteiger partial charge on any atom is -0.507 e. The SMILES string of the molecule is C=COCCNCCC(=O)NNC(=O)c1ccccc1O. The summed E-state index contributed by atoms with van der Waals surface area (Å²) in [4.78, 5) is 23.2. The van der Waals surface area contributed by atoms with Crippen molar-refractivity contribution in [1.29, 1.82) is 0 Å². The zero-order valence-electron chi connectivity index (χ0n) is 11.6. The van der Waals surface area contributed by atoms with Gasteiger partial charge in [-0.05, 0) is 12.1 Å². The van der Waals surface area contributed by atoms with Crippen LogP contribution in [0.5, 0.6) is 5.75 Å². The maximum Gasteiger partial charge on any atom is 0.273 e. The van der Waals surface area contributed by atoms with Gasteiger partial charge in [0.25, 0.3) is 5.91 Å². The van der Waals surface area contributed by atoms with Crippen LogP contribution in [0.15, 0.2) is 37.1 Å². The molecule has 1 aromatic rings. The van der Waals surface area contributed by atoms with Gasteiger partial charge in [-0.3, -0.25) is 20.4 Å². The molecule has 0 aromatic heterocycles. The molecule has 4 N–H and O–H groups in total. The van der Waals surface area contributed by atoms with Crippen molar-refractivity contribution in [2.75, 3.05) is 19.7 Å². The Morgan fingerprint density at radius 3 is 2.71 bits per heavy atom. The van der Waals surface area contributed by atoms with Gasteiger partial charge in [-0.25, -0.2) is 0 Å². The number of para-hydroxylation sites is 1. The molecule has 0 saturated carbocycles. The molecule has 0 spiro atoms. The first-order valence-corrected chi connectivity index (χ1v) is 6.45. The molecule has 0 heterocycles. The monoisotopic (exact) mass is 293 g/mol. The number of carbonyl (C=O) groups is 2. The minimum absolute atomic E-state index is 0.0949. The van der Waals surface area contributed by atoms with E-state index in [1.54, 1.807) is 12.1 Å². The van der Waals surface area contributed by atoms with Crippen molar-refractivity contribution < 1.29 is 19.4 Å². The van der Waals surface area contributed by atoms with Crippen LogP contribution in [0.3, 0.4) is 0 Å². The molecule has 0 bridgehead atoms. The average Bonchev–Trinajstić information content (AvgIpc) is 2.49. The normalized spacial score (nSPS) is 9.71. The fourth-order valence-corrected chi connectivity index (χ4v) is 1.46. The highest BCUT2D eigenvalue weighted by Gasteiger charge is 2.10. The zero-order valence-corrected chi connectivity index (χ0v) is 11.6. The highest BCUT2D eigenvalue weighted by molar-refractivity contribution is 5.97. The maximum atomic E-state index is 11.7. The topological polar surface area (TPSA) is 99.7 Å². The van der Waals surface area contributed by atoms with Gasteiger partial charge in [0.2, 0.25) is 5.91 Å². The molecule has 0 unspecified atom stereocenters. The Morgan fingerprint density at radius 1 is 1.24 bits per heavy atom. The number of hydrogen-bond donors (Lipinski definition) is 4.